The van der Waals surface area contributed by atoms with Gasteiger partial charge in [0.1, 0.15) is 12.7 Å². The monoisotopic (exact) mass is 243 g/mol. The fourth-order valence-corrected chi connectivity index (χ4v) is 1.50. The third-order valence-electron chi connectivity index (χ3n) is 1.55. The maximum absolute atomic E-state index is 12.9. The van der Waals surface area contributed by atoms with Gasteiger partial charge < -0.3 is 10.1 Å². The second kappa shape index (κ2) is 3.66. The summed E-state index contributed by atoms with van der Waals surface area (Å²) in [6.45, 7) is -0.950. The summed E-state index contributed by atoms with van der Waals surface area (Å²) in [6.07, 6.45) is -1.23. The number of rotatable bonds is 1. The Morgan fingerprint density at radius 3 is 3.00 bits per heavy atom. The maximum atomic E-state index is 12.9. The molecule has 1 rings (SSSR count). The summed E-state index contributed by atoms with van der Waals surface area (Å²) < 4.78 is 30.5. The molecule has 1 N–H and O–H groups in total. The maximum Gasteiger partial charge on any atom is 0.291 e. The molecule has 1 aliphatic rings. The Morgan fingerprint density at radius 1 is 1.75 bits per heavy atom. The number of hydrogen-bond acceptors (Lipinski definition) is 2. The molecule has 0 aliphatic carbocycles. The van der Waals surface area contributed by atoms with E-state index in [1.807, 2.05) is 0 Å². The van der Waals surface area contributed by atoms with Crippen molar-refractivity contribution in [2.45, 2.75) is 12.0 Å². The summed E-state index contributed by atoms with van der Waals surface area (Å²) in [5.41, 5.74) is 0. The molecule has 12 heavy (non-hydrogen) atoms. The van der Waals surface area contributed by atoms with E-state index in [1.54, 1.807) is 0 Å². The van der Waals surface area contributed by atoms with E-state index < -0.39 is 24.5 Å². The first-order valence-corrected chi connectivity index (χ1v) is 4.50. The smallest absolute Gasteiger partial charge is 0.291 e. The number of ether oxygens (including phenoxy) is 1. The van der Waals surface area contributed by atoms with Crippen LogP contribution in [0, 0.1) is 0 Å². The average molecular weight is 244 g/mol. The fourth-order valence-electron chi connectivity index (χ4n) is 0.837. The summed E-state index contributed by atoms with van der Waals surface area (Å²) in [4.78, 5) is 10.6. The van der Waals surface area contributed by atoms with Gasteiger partial charge in [-0.1, -0.05) is 15.9 Å². The summed E-state index contributed by atoms with van der Waals surface area (Å²) in [5.74, 6) is -3.49. The summed E-state index contributed by atoms with van der Waals surface area (Å²) in [5, 5.41) is 2.09. The molecule has 1 unspecified atom stereocenters. The van der Waals surface area contributed by atoms with Gasteiger partial charge in [-0.2, -0.15) is 0 Å². The average Bonchev–Trinajstić information content (AvgIpc) is 2.12. The van der Waals surface area contributed by atoms with Crippen LogP contribution in [0.1, 0.15) is 0 Å². The summed E-state index contributed by atoms with van der Waals surface area (Å²) >= 11 is 2.90. The highest BCUT2D eigenvalue weighted by atomic mass is 79.9. The molecule has 0 spiro atoms. The molecule has 1 heterocycles. The zero-order chi connectivity index (χ0) is 9.19. The summed E-state index contributed by atoms with van der Waals surface area (Å²) in [7, 11) is 0. The molecule has 70 valence electrons. The van der Waals surface area contributed by atoms with Crippen LogP contribution in [0.25, 0.3) is 0 Å². The molecule has 1 fully saturated rings. The first-order chi connectivity index (χ1) is 5.56. The minimum atomic E-state index is -2.99. The van der Waals surface area contributed by atoms with Crippen molar-refractivity contribution in [3.63, 3.8) is 0 Å². The third kappa shape index (κ3) is 2.13. The Kier molecular flexibility index (Phi) is 3.00. The van der Waals surface area contributed by atoms with Crippen LogP contribution >= 0.6 is 15.9 Å². The lowest BCUT2D eigenvalue weighted by Crippen LogP contribution is -2.42. The predicted molar refractivity (Wildman–Crippen MR) is 41.5 cm³/mol. The zero-order valence-corrected chi connectivity index (χ0v) is 7.74. The molecule has 0 aromatic rings. The van der Waals surface area contributed by atoms with Gasteiger partial charge in [0.05, 0.1) is 6.54 Å². The van der Waals surface area contributed by atoms with Gasteiger partial charge in [0.25, 0.3) is 5.92 Å². The zero-order valence-electron chi connectivity index (χ0n) is 6.15. The van der Waals surface area contributed by atoms with Crippen LogP contribution in [-0.2, 0) is 9.53 Å². The van der Waals surface area contributed by atoms with E-state index >= 15 is 0 Å². The van der Waals surface area contributed by atoms with Gasteiger partial charge in [-0.15, -0.1) is 0 Å². The summed E-state index contributed by atoms with van der Waals surface area (Å²) in [6, 6.07) is 0. The Bertz CT molecular complexity index is 188. The lowest BCUT2D eigenvalue weighted by Gasteiger charge is -2.21. The molecule has 3 nitrogen and oxygen atoms in total. The van der Waals surface area contributed by atoms with E-state index in [0.717, 1.165) is 0 Å². The van der Waals surface area contributed by atoms with Crippen molar-refractivity contribution in [3.05, 3.63) is 0 Å². The Labute approximate surface area is 76.6 Å². The van der Waals surface area contributed by atoms with Gasteiger partial charge in [0.2, 0.25) is 5.91 Å². The predicted octanol–water partition coefficient (Wildman–Crippen LogP) is 0.532. The van der Waals surface area contributed by atoms with Crippen LogP contribution in [0.2, 0.25) is 0 Å². The molecule has 0 bridgehead atoms. The van der Waals surface area contributed by atoms with Crippen molar-refractivity contribution in [2.24, 2.45) is 0 Å². The first-order valence-electron chi connectivity index (χ1n) is 3.38. The van der Waals surface area contributed by atoms with E-state index in [9.17, 15) is 13.6 Å². The van der Waals surface area contributed by atoms with Crippen LogP contribution in [0.4, 0.5) is 8.78 Å². The number of carbonyl (C=O) groups excluding carboxylic acids is 1. The van der Waals surface area contributed by atoms with E-state index in [1.165, 1.54) is 0 Å². The second-order valence-corrected chi connectivity index (χ2v) is 3.14. The Balaban J connectivity index is 2.66. The molecular weight excluding hydrogens is 236 g/mol. The lowest BCUT2D eigenvalue weighted by molar-refractivity contribution is -0.129. The topological polar surface area (TPSA) is 38.3 Å². The molecule has 1 saturated heterocycles. The quantitative estimate of drug-likeness (QED) is 0.683. The van der Waals surface area contributed by atoms with Gasteiger partial charge in [-0.25, -0.2) is 8.78 Å². The largest absolute Gasteiger partial charge is 0.361 e. The molecule has 1 aliphatic heterocycles. The van der Waals surface area contributed by atoms with Gasteiger partial charge >= 0.3 is 0 Å². The molecule has 0 saturated carbocycles. The van der Waals surface area contributed by atoms with Crippen molar-refractivity contribution < 1.29 is 18.3 Å². The van der Waals surface area contributed by atoms with Crippen molar-refractivity contribution >= 4 is 21.8 Å². The van der Waals surface area contributed by atoms with Gasteiger partial charge in [-0.3, -0.25) is 4.79 Å². The minimum absolute atomic E-state index is 0.0228. The van der Waals surface area contributed by atoms with Crippen LogP contribution in [0.15, 0.2) is 0 Å². The van der Waals surface area contributed by atoms with Gasteiger partial charge in [0, 0.05) is 5.33 Å². The highest BCUT2D eigenvalue weighted by molar-refractivity contribution is 9.09. The van der Waals surface area contributed by atoms with E-state index in [4.69, 9.17) is 0 Å². The number of carbonyl (C=O) groups is 1. The molecule has 0 aromatic carbocycles. The molecule has 0 aromatic heterocycles. The van der Waals surface area contributed by atoms with Crippen LogP contribution in [0.3, 0.4) is 0 Å². The second-order valence-electron chi connectivity index (χ2n) is 2.49. The molecule has 1 atom stereocenters. The third-order valence-corrected chi connectivity index (χ3v) is 2.14. The minimum Gasteiger partial charge on any atom is -0.361 e. The molecule has 0 radical (unpaired) electrons. The van der Waals surface area contributed by atoms with Crippen molar-refractivity contribution in [2.75, 3.05) is 18.5 Å². The van der Waals surface area contributed by atoms with Gasteiger partial charge in [-0.05, 0) is 0 Å². The number of halogens is 3. The Morgan fingerprint density at radius 2 is 2.42 bits per heavy atom. The Hall–Kier alpha value is -0.230. The van der Waals surface area contributed by atoms with Crippen molar-refractivity contribution in [1.82, 2.24) is 5.32 Å². The number of amides is 1. The molecule has 6 heteroatoms. The number of alkyl halides is 3. The van der Waals surface area contributed by atoms with Crippen molar-refractivity contribution in [3.8, 4) is 0 Å². The van der Waals surface area contributed by atoms with E-state index in [-0.39, 0.29) is 11.9 Å². The van der Waals surface area contributed by atoms with E-state index in [0.29, 0.717) is 0 Å². The normalized spacial score (nSPS) is 29.2. The van der Waals surface area contributed by atoms with Crippen LogP contribution in [0.5, 0.6) is 0 Å². The highest BCUT2D eigenvalue weighted by Crippen LogP contribution is 2.23. The molecular formula is C6H8BrF2NO2. The van der Waals surface area contributed by atoms with Crippen LogP contribution in [-0.4, -0.2) is 36.4 Å². The first kappa shape index (κ1) is 9.85. The SMILES string of the molecule is O=C1COC(CBr)C(F)(F)CN1. The molecule has 1 amide bonds. The van der Waals surface area contributed by atoms with Gasteiger partial charge in [0.15, 0.2) is 0 Å². The highest BCUT2D eigenvalue weighted by Gasteiger charge is 2.42. The van der Waals surface area contributed by atoms with E-state index in [2.05, 4.69) is 26.0 Å². The standard InChI is InChI=1S/C6H8BrF2NO2/c7-1-4-6(8,9)3-10-5(11)2-12-4/h4H,1-3H2,(H,10,11). The van der Waals surface area contributed by atoms with Crippen LogP contribution < -0.4 is 5.32 Å². The fraction of sp³-hybridized carbons (Fsp3) is 0.833. The number of nitrogens with one attached hydrogen (secondary N) is 1. The lowest BCUT2D eigenvalue weighted by atomic mass is 10.2. The van der Waals surface area contributed by atoms with Crippen molar-refractivity contribution in [1.29, 1.82) is 0 Å². The number of hydrogen-bond donors (Lipinski definition) is 1.